The van der Waals surface area contributed by atoms with Crippen LogP contribution in [0.5, 0.6) is 11.5 Å². The fourth-order valence-electron chi connectivity index (χ4n) is 1.94. The van der Waals surface area contributed by atoms with E-state index in [0.717, 1.165) is 17.0 Å². The Hall–Kier alpha value is -2.89. The number of ether oxygens (including phenoxy) is 2. The van der Waals surface area contributed by atoms with Gasteiger partial charge in [0.05, 0.1) is 10.6 Å². The molecule has 0 bridgehead atoms. The summed E-state index contributed by atoms with van der Waals surface area (Å²) >= 11 is 0. The van der Waals surface area contributed by atoms with Gasteiger partial charge in [-0.3, -0.25) is 15.1 Å². The van der Waals surface area contributed by atoms with Crippen molar-refractivity contribution >= 4 is 17.6 Å². The molecule has 21 heavy (non-hydrogen) atoms. The number of hydrogen-bond donors (Lipinski definition) is 0. The van der Waals surface area contributed by atoms with Crippen LogP contribution < -0.4 is 9.47 Å². The maximum Gasteiger partial charge on any atom is 0.269 e. The summed E-state index contributed by atoms with van der Waals surface area (Å²) in [6.07, 6.45) is 1.65. The van der Waals surface area contributed by atoms with E-state index in [1.807, 2.05) is 12.1 Å². The summed E-state index contributed by atoms with van der Waals surface area (Å²) < 4.78 is 10.9. The molecule has 3 rings (SSSR count). The van der Waals surface area contributed by atoms with Crippen LogP contribution in [0, 0.1) is 10.1 Å². The molecule has 0 fully saturated rings. The second-order valence-electron chi connectivity index (χ2n) is 4.43. The molecule has 1 aliphatic heterocycles. The average Bonchev–Trinajstić information content (AvgIpc) is 2.53. The number of nitrogens with zero attached hydrogens (tertiary/aromatic N) is 2. The first-order valence-corrected chi connectivity index (χ1v) is 6.40. The van der Waals surface area contributed by atoms with Crippen LogP contribution in [-0.2, 0) is 0 Å². The number of nitro benzene ring substituents is 1. The van der Waals surface area contributed by atoms with Gasteiger partial charge in [0.15, 0.2) is 11.5 Å². The Kier molecular flexibility index (Phi) is 3.51. The lowest BCUT2D eigenvalue weighted by atomic mass is 10.2. The van der Waals surface area contributed by atoms with Crippen molar-refractivity contribution in [3.05, 3.63) is 58.1 Å². The largest absolute Gasteiger partial charge is 0.486 e. The van der Waals surface area contributed by atoms with Crippen LogP contribution in [0.25, 0.3) is 0 Å². The molecule has 6 nitrogen and oxygen atoms in total. The second kappa shape index (κ2) is 5.62. The predicted molar refractivity (Wildman–Crippen MR) is 77.8 cm³/mol. The summed E-state index contributed by atoms with van der Waals surface area (Å²) in [6, 6.07) is 11.7. The zero-order valence-corrected chi connectivity index (χ0v) is 11.1. The van der Waals surface area contributed by atoms with E-state index < -0.39 is 4.92 Å². The van der Waals surface area contributed by atoms with Crippen LogP contribution in [0.2, 0.25) is 0 Å². The van der Waals surface area contributed by atoms with E-state index in [1.54, 1.807) is 24.4 Å². The molecule has 106 valence electrons. The number of nitro groups is 1. The third-order valence-corrected chi connectivity index (χ3v) is 2.99. The van der Waals surface area contributed by atoms with E-state index in [4.69, 9.17) is 9.47 Å². The molecule has 2 aromatic carbocycles. The van der Waals surface area contributed by atoms with Crippen LogP contribution in [0.15, 0.2) is 47.5 Å². The van der Waals surface area contributed by atoms with Gasteiger partial charge in [-0.2, -0.15) is 0 Å². The van der Waals surface area contributed by atoms with Gasteiger partial charge in [-0.05, 0) is 29.8 Å². The average molecular weight is 284 g/mol. The Morgan fingerprint density at radius 1 is 1.05 bits per heavy atom. The van der Waals surface area contributed by atoms with Gasteiger partial charge < -0.3 is 9.47 Å². The first-order valence-electron chi connectivity index (χ1n) is 6.40. The van der Waals surface area contributed by atoms with Crippen molar-refractivity contribution in [2.24, 2.45) is 4.99 Å². The lowest BCUT2D eigenvalue weighted by molar-refractivity contribution is -0.384. The number of hydrogen-bond acceptors (Lipinski definition) is 5. The number of non-ortho nitro benzene ring substituents is 1. The highest BCUT2D eigenvalue weighted by atomic mass is 16.6. The first-order chi connectivity index (χ1) is 10.2. The van der Waals surface area contributed by atoms with Crippen molar-refractivity contribution in [2.75, 3.05) is 13.2 Å². The van der Waals surface area contributed by atoms with Gasteiger partial charge in [-0.1, -0.05) is 0 Å². The lowest BCUT2D eigenvalue weighted by Crippen LogP contribution is -2.14. The normalized spacial score (nSPS) is 13.3. The van der Waals surface area contributed by atoms with Crippen molar-refractivity contribution in [2.45, 2.75) is 0 Å². The first kappa shape index (κ1) is 13.1. The molecule has 0 aliphatic carbocycles. The summed E-state index contributed by atoms with van der Waals surface area (Å²) in [4.78, 5) is 14.5. The van der Waals surface area contributed by atoms with Crippen LogP contribution in [0.4, 0.5) is 11.4 Å². The van der Waals surface area contributed by atoms with Crippen LogP contribution >= 0.6 is 0 Å². The van der Waals surface area contributed by atoms with Gasteiger partial charge in [0.25, 0.3) is 5.69 Å². The third kappa shape index (κ3) is 3.00. The van der Waals surface area contributed by atoms with Crippen molar-refractivity contribution in [1.29, 1.82) is 0 Å². The highest BCUT2D eigenvalue weighted by molar-refractivity contribution is 5.82. The van der Waals surface area contributed by atoms with Crippen molar-refractivity contribution in [3.63, 3.8) is 0 Å². The fraction of sp³-hybridized carbons (Fsp3) is 0.133. The number of fused-ring (bicyclic) bond motifs is 1. The Balaban J connectivity index is 1.77. The SMILES string of the molecule is O=[N+]([O-])c1ccc(C=Nc2ccc3c(c2)OCCO3)cc1. The maximum atomic E-state index is 10.6. The smallest absolute Gasteiger partial charge is 0.269 e. The monoisotopic (exact) mass is 284 g/mol. The topological polar surface area (TPSA) is 74.0 Å². The zero-order valence-electron chi connectivity index (χ0n) is 11.1. The summed E-state index contributed by atoms with van der Waals surface area (Å²) in [5.41, 5.74) is 1.58. The van der Waals surface area contributed by atoms with E-state index >= 15 is 0 Å². The molecule has 0 atom stereocenters. The molecule has 0 saturated heterocycles. The Bertz CT molecular complexity index is 695. The minimum Gasteiger partial charge on any atom is -0.486 e. The van der Waals surface area contributed by atoms with Gasteiger partial charge in [-0.15, -0.1) is 0 Å². The minimum absolute atomic E-state index is 0.0616. The van der Waals surface area contributed by atoms with E-state index in [-0.39, 0.29) is 5.69 Å². The van der Waals surface area contributed by atoms with Crippen LogP contribution in [0.1, 0.15) is 5.56 Å². The number of aliphatic imine (C=N–C) groups is 1. The van der Waals surface area contributed by atoms with Gasteiger partial charge in [0.2, 0.25) is 0 Å². The van der Waals surface area contributed by atoms with Crippen molar-refractivity contribution in [3.8, 4) is 11.5 Å². The molecule has 1 heterocycles. The predicted octanol–water partition coefficient (Wildman–Crippen LogP) is 3.12. The fourth-order valence-corrected chi connectivity index (χ4v) is 1.94. The molecule has 0 saturated carbocycles. The van der Waals surface area contributed by atoms with Crippen LogP contribution in [-0.4, -0.2) is 24.4 Å². The molecular formula is C15H12N2O4. The summed E-state index contributed by atoms with van der Waals surface area (Å²) in [5.74, 6) is 1.40. The molecule has 0 radical (unpaired) electrons. The quantitative estimate of drug-likeness (QED) is 0.493. The van der Waals surface area contributed by atoms with Gasteiger partial charge >= 0.3 is 0 Å². The van der Waals surface area contributed by atoms with Gasteiger partial charge in [-0.25, -0.2) is 0 Å². The summed E-state index contributed by atoms with van der Waals surface area (Å²) in [7, 11) is 0. The van der Waals surface area contributed by atoms with E-state index in [0.29, 0.717) is 19.0 Å². The maximum absolute atomic E-state index is 10.6. The molecule has 0 aromatic heterocycles. The number of benzene rings is 2. The van der Waals surface area contributed by atoms with Crippen molar-refractivity contribution in [1.82, 2.24) is 0 Å². The van der Waals surface area contributed by atoms with Gasteiger partial charge in [0, 0.05) is 24.4 Å². The molecule has 0 amide bonds. The molecular weight excluding hydrogens is 272 g/mol. The Morgan fingerprint density at radius 2 is 1.76 bits per heavy atom. The van der Waals surface area contributed by atoms with Gasteiger partial charge in [0.1, 0.15) is 13.2 Å². The molecule has 0 spiro atoms. The molecule has 2 aromatic rings. The molecule has 1 aliphatic rings. The number of rotatable bonds is 3. The summed E-state index contributed by atoms with van der Waals surface area (Å²) in [5, 5.41) is 10.6. The standard InChI is InChI=1S/C15H12N2O4/c18-17(19)13-4-1-11(2-5-13)10-16-12-3-6-14-15(9-12)21-8-7-20-14/h1-6,9-10H,7-8H2. The van der Waals surface area contributed by atoms with E-state index in [1.165, 1.54) is 12.1 Å². The van der Waals surface area contributed by atoms with Crippen molar-refractivity contribution < 1.29 is 14.4 Å². The highest BCUT2D eigenvalue weighted by Gasteiger charge is 2.11. The van der Waals surface area contributed by atoms with E-state index in [2.05, 4.69) is 4.99 Å². The zero-order chi connectivity index (χ0) is 14.7. The molecule has 0 N–H and O–H groups in total. The molecule has 6 heteroatoms. The summed E-state index contributed by atoms with van der Waals surface area (Å²) in [6.45, 7) is 1.08. The third-order valence-electron chi connectivity index (χ3n) is 2.99. The second-order valence-corrected chi connectivity index (χ2v) is 4.43. The Morgan fingerprint density at radius 3 is 2.48 bits per heavy atom. The lowest BCUT2D eigenvalue weighted by Gasteiger charge is -2.18. The molecule has 0 unspecified atom stereocenters. The van der Waals surface area contributed by atoms with Crippen LogP contribution in [0.3, 0.4) is 0 Å². The minimum atomic E-state index is -0.429. The van der Waals surface area contributed by atoms with E-state index in [9.17, 15) is 10.1 Å². The highest BCUT2D eigenvalue weighted by Crippen LogP contribution is 2.33. The Labute approximate surface area is 120 Å².